The number of allylic oxidation sites excluding steroid dienone is 1. The van der Waals surface area contributed by atoms with Gasteiger partial charge in [0.05, 0.1) is 0 Å². The van der Waals surface area contributed by atoms with Crippen LogP contribution in [0.1, 0.15) is 47.0 Å². The highest BCUT2D eigenvalue weighted by Gasteiger charge is 2.11. The molecular weight excluding hydrogens is 187 g/mol. The molecule has 2 atom stereocenters. The molecule has 0 saturated heterocycles. The fourth-order valence-electron chi connectivity index (χ4n) is 2.00. The molecule has 0 aliphatic heterocycles. The van der Waals surface area contributed by atoms with Gasteiger partial charge in [-0.15, -0.1) is 9.24 Å². The summed E-state index contributed by atoms with van der Waals surface area (Å²) in [4.78, 5) is 0. The third-order valence-electron chi connectivity index (χ3n) is 2.41. The summed E-state index contributed by atoms with van der Waals surface area (Å²) in [5.74, 6) is 2.39. The van der Waals surface area contributed by atoms with Crippen molar-refractivity contribution in [2.75, 3.05) is 6.16 Å². The second-order valence-electron chi connectivity index (χ2n) is 5.28. The predicted octanol–water partition coefficient (Wildman–Crippen LogP) is 4.52. The summed E-state index contributed by atoms with van der Waals surface area (Å²) in [6.07, 6.45) is 4.97. The smallest absolute Gasteiger partial charge is 0.0291 e. The molecule has 0 aromatic carbocycles. The van der Waals surface area contributed by atoms with Crippen molar-refractivity contribution in [3.63, 3.8) is 0 Å². The van der Waals surface area contributed by atoms with Gasteiger partial charge >= 0.3 is 0 Å². The molecule has 0 aromatic rings. The number of hydrogen-bond donors (Lipinski definition) is 0. The maximum absolute atomic E-state index is 4.18. The molecule has 1 heteroatoms. The van der Waals surface area contributed by atoms with Gasteiger partial charge in [0.25, 0.3) is 0 Å². The van der Waals surface area contributed by atoms with Gasteiger partial charge < -0.3 is 0 Å². The lowest BCUT2D eigenvalue weighted by molar-refractivity contribution is 0.433. The second kappa shape index (κ2) is 7.46. The number of hydrogen-bond acceptors (Lipinski definition) is 0. The summed E-state index contributed by atoms with van der Waals surface area (Å²) in [7, 11) is 2.88. The van der Waals surface area contributed by atoms with E-state index in [4.69, 9.17) is 0 Å². The summed E-state index contributed by atoms with van der Waals surface area (Å²) in [5.41, 5.74) is 1.44. The zero-order valence-electron chi connectivity index (χ0n) is 10.3. The van der Waals surface area contributed by atoms with Crippen LogP contribution in [-0.2, 0) is 0 Å². The van der Waals surface area contributed by atoms with E-state index in [-0.39, 0.29) is 0 Å². The van der Waals surface area contributed by atoms with Gasteiger partial charge in [-0.1, -0.05) is 39.8 Å². The lowest BCUT2D eigenvalue weighted by Crippen LogP contribution is -2.08. The Labute approximate surface area is 92.8 Å². The van der Waals surface area contributed by atoms with E-state index >= 15 is 0 Å². The SMILES string of the molecule is C=C(CC(C)C)CC(CP)CC(C)C. The molecule has 14 heavy (non-hydrogen) atoms. The van der Waals surface area contributed by atoms with Crippen molar-refractivity contribution in [3.8, 4) is 0 Å². The normalized spacial score (nSPS) is 13.6. The molecule has 0 nitrogen and oxygen atoms in total. The zero-order valence-corrected chi connectivity index (χ0v) is 11.5. The molecule has 0 saturated carbocycles. The van der Waals surface area contributed by atoms with Crippen molar-refractivity contribution in [1.82, 2.24) is 0 Å². The lowest BCUT2D eigenvalue weighted by atomic mass is 9.90. The van der Waals surface area contributed by atoms with Crippen LogP contribution in [0.15, 0.2) is 12.2 Å². The molecule has 0 aromatic heterocycles. The first-order chi connectivity index (χ1) is 6.45. The van der Waals surface area contributed by atoms with Gasteiger partial charge in [0.1, 0.15) is 0 Å². The first-order valence-corrected chi connectivity index (χ1v) is 6.64. The molecule has 0 amide bonds. The first-order valence-electron chi connectivity index (χ1n) is 5.82. The highest BCUT2D eigenvalue weighted by molar-refractivity contribution is 7.16. The third kappa shape index (κ3) is 7.56. The molecule has 0 N–H and O–H groups in total. The zero-order chi connectivity index (χ0) is 11.1. The van der Waals surface area contributed by atoms with Crippen molar-refractivity contribution >= 4 is 9.24 Å². The van der Waals surface area contributed by atoms with Gasteiger partial charge in [-0.05, 0) is 43.2 Å². The van der Waals surface area contributed by atoms with Crippen LogP contribution in [0.4, 0.5) is 0 Å². The van der Waals surface area contributed by atoms with Crippen LogP contribution < -0.4 is 0 Å². The van der Waals surface area contributed by atoms with E-state index in [2.05, 4.69) is 43.5 Å². The van der Waals surface area contributed by atoms with Crippen LogP contribution in [0.5, 0.6) is 0 Å². The largest absolute Gasteiger partial charge is 0.137 e. The van der Waals surface area contributed by atoms with E-state index in [9.17, 15) is 0 Å². The van der Waals surface area contributed by atoms with Gasteiger partial charge in [-0.3, -0.25) is 0 Å². The molecule has 0 heterocycles. The molecule has 0 spiro atoms. The fourth-order valence-corrected chi connectivity index (χ4v) is 2.36. The molecule has 0 aliphatic rings. The molecule has 0 bridgehead atoms. The van der Waals surface area contributed by atoms with Crippen molar-refractivity contribution in [2.24, 2.45) is 17.8 Å². The summed E-state index contributed by atoms with van der Waals surface area (Å²) < 4.78 is 0. The second-order valence-corrected chi connectivity index (χ2v) is 5.75. The van der Waals surface area contributed by atoms with Crippen molar-refractivity contribution in [1.29, 1.82) is 0 Å². The average Bonchev–Trinajstić information content (AvgIpc) is 2.00. The van der Waals surface area contributed by atoms with Gasteiger partial charge in [0.15, 0.2) is 0 Å². The van der Waals surface area contributed by atoms with E-state index < -0.39 is 0 Å². The minimum absolute atomic E-state index is 0.756. The number of rotatable bonds is 7. The molecule has 0 radical (unpaired) electrons. The standard InChI is InChI=1S/C13H27P/c1-10(2)6-12(5)8-13(9-14)7-11(3)4/h10-11,13H,5-9,14H2,1-4H3. The lowest BCUT2D eigenvalue weighted by Gasteiger charge is -2.19. The van der Waals surface area contributed by atoms with E-state index in [0.29, 0.717) is 0 Å². The highest BCUT2D eigenvalue weighted by atomic mass is 31.0. The predicted molar refractivity (Wildman–Crippen MR) is 70.7 cm³/mol. The maximum Gasteiger partial charge on any atom is -0.0291 e. The summed E-state index contributed by atoms with van der Waals surface area (Å²) in [6.45, 7) is 13.3. The topological polar surface area (TPSA) is 0 Å². The summed E-state index contributed by atoms with van der Waals surface area (Å²) in [6, 6.07) is 0. The molecule has 0 fully saturated rings. The monoisotopic (exact) mass is 214 g/mol. The Morgan fingerprint density at radius 1 is 1.07 bits per heavy atom. The van der Waals surface area contributed by atoms with Crippen molar-refractivity contribution < 1.29 is 0 Å². The first kappa shape index (κ1) is 14.2. The Morgan fingerprint density at radius 3 is 2.00 bits per heavy atom. The van der Waals surface area contributed by atoms with Gasteiger partial charge in [0.2, 0.25) is 0 Å². The molecule has 84 valence electrons. The third-order valence-corrected chi connectivity index (χ3v) is 3.08. The van der Waals surface area contributed by atoms with Gasteiger partial charge in [-0.2, -0.15) is 0 Å². The van der Waals surface area contributed by atoms with Crippen LogP contribution in [0.2, 0.25) is 0 Å². The van der Waals surface area contributed by atoms with E-state index in [1.54, 1.807) is 0 Å². The van der Waals surface area contributed by atoms with Crippen LogP contribution in [-0.4, -0.2) is 6.16 Å². The van der Waals surface area contributed by atoms with Crippen molar-refractivity contribution in [2.45, 2.75) is 47.0 Å². The van der Waals surface area contributed by atoms with Crippen molar-refractivity contribution in [3.05, 3.63) is 12.2 Å². The summed E-state index contributed by atoms with van der Waals surface area (Å²) in [5, 5.41) is 0. The Morgan fingerprint density at radius 2 is 1.64 bits per heavy atom. The van der Waals surface area contributed by atoms with Gasteiger partial charge in [-0.25, -0.2) is 0 Å². The van der Waals surface area contributed by atoms with E-state index in [1.807, 2.05) is 0 Å². The summed E-state index contributed by atoms with van der Waals surface area (Å²) >= 11 is 0. The minimum Gasteiger partial charge on any atom is -0.137 e. The molecule has 0 rings (SSSR count). The average molecular weight is 214 g/mol. The molecule has 0 aliphatic carbocycles. The van der Waals surface area contributed by atoms with E-state index in [1.165, 1.54) is 31.0 Å². The van der Waals surface area contributed by atoms with Crippen LogP contribution in [0.3, 0.4) is 0 Å². The quantitative estimate of drug-likeness (QED) is 0.432. The van der Waals surface area contributed by atoms with Crippen LogP contribution in [0, 0.1) is 17.8 Å². The van der Waals surface area contributed by atoms with Gasteiger partial charge in [0, 0.05) is 0 Å². The van der Waals surface area contributed by atoms with Crippen LogP contribution >= 0.6 is 9.24 Å². The van der Waals surface area contributed by atoms with E-state index in [0.717, 1.165) is 17.8 Å². The maximum atomic E-state index is 4.18. The minimum atomic E-state index is 0.756. The Hall–Kier alpha value is 0.170. The Kier molecular flexibility index (Phi) is 7.55. The Bertz CT molecular complexity index is 159. The Balaban J connectivity index is 3.86. The highest BCUT2D eigenvalue weighted by Crippen LogP contribution is 2.24. The molecule has 2 unspecified atom stereocenters. The van der Waals surface area contributed by atoms with Crippen LogP contribution in [0.25, 0.3) is 0 Å². The molecular formula is C13H27P. The fraction of sp³-hybridized carbons (Fsp3) is 0.846.